The summed E-state index contributed by atoms with van der Waals surface area (Å²) in [6.07, 6.45) is 1.89. The van der Waals surface area contributed by atoms with Crippen LogP contribution >= 0.6 is 35.3 Å². The van der Waals surface area contributed by atoms with Crippen molar-refractivity contribution >= 4 is 41.3 Å². The third kappa shape index (κ3) is 7.57. The number of ether oxygens (including phenoxy) is 2. The molecule has 150 valence electrons. The second kappa shape index (κ2) is 12.8. The molecule has 0 unspecified atom stereocenters. The van der Waals surface area contributed by atoms with Gasteiger partial charge >= 0.3 is 0 Å². The maximum atomic E-state index is 5.38. The van der Waals surface area contributed by atoms with Gasteiger partial charge in [-0.15, -0.1) is 35.3 Å². The smallest absolute Gasteiger partial charge is 0.193 e. The molecule has 2 rings (SSSR count). The molecule has 0 fully saturated rings. The average molecular weight is 503 g/mol. The van der Waals surface area contributed by atoms with Crippen LogP contribution in [0.25, 0.3) is 0 Å². The fraction of sp³-hybridized carbons (Fsp3) is 0.450. The number of rotatable bonds is 9. The van der Waals surface area contributed by atoms with Gasteiger partial charge in [0.2, 0.25) is 0 Å². The Kier molecular flexibility index (Phi) is 11.2. The molecule has 1 heterocycles. The van der Waals surface area contributed by atoms with Crippen LogP contribution in [-0.4, -0.2) is 51.8 Å². The third-order valence-electron chi connectivity index (χ3n) is 4.08. The molecule has 5 nitrogen and oxygen atoms in total. The molecule has 2 aromatic rings. The first-order valence-electron chi connectivity index (χ1n) is 8.90. The summed E-state index contributed by atoms with van der Waals surface area (Å²) in [4.78, 5) is 8.30. The van der Waals surface area contributed by atoms with Crippen LogP contribution in [0.15, 0.2) is 40.7 Å². The first-order valence-corrected chi connectivity index (χ1v) is 9.78. The van der Waals surface area contributed by atoms with Crippen molar-refractivity contribution in [3.05, 3.63) is 46.2 Å². The number of nitrogens with zero attached hydrogens (tertiary/aromatic N) is 2. The highest BCUT2D eigenvalue weighted by atomic mass is 127. The van der Waals surface area contributed by atoms with E-state index in [4.69, 9.17) is 14.5 Å². The molecule has 0 radical (unpaired) electrons. The molecule has 0 bridgehead atoms. The predicted octanol–water partition coefficient (Wildman–Crippen LogP) is 4.07. The van der Waals surface area contributed by atoms with Crippen molar-refractivity contribution in [2.24, 2.45) is 4.99 Å². The van der Waals surface area contributed by atoms with E-state index < -0.39 is 0 Å². The van der Waals surface area contributed by atoms with E-state index >= 15 is 0 Å². The Balaban J connectivity index is 0.00000364. The summed E-state index contributed by atoms with van der Waals surface area (Å²) in [5.74, 6) is 2.47. The normalized spacial score (nSPS) is 10.9. The number of guanidine groups is 1. The van der Waals surface area contributed by atoms with Crippen molar-refractivity contribution in [2.75, 3.05) is 40.9 Å². The SMILES string of the molecule is CCNC(=NCCc1cccs1)N(C)CCc1ccc(OC)c(OC)c1.I. The van der Waals surface area contributed by atoms with E-state index in [1.807, 2.05) is 12.1 Å². The molecule has 0 aliphatic heterocycles. The van der Waals surface area contributed by atoms with Gasteiger partial charge in [0, 0.05) is 38.0 Å². The lowest BCUT2D eigenvalue weighted by atomic mass is 10.1. The number of methoxy groups -OCH3 is 2. The van der Waals surface area contributed by atoms with Gasteiger partial charge in [-0.25, -0.2) is 0 Å². The van der Waals surface area contributed by atoms with Crippen LogP contribution in [0, 0.1) is 0 Å². The standard InChI is InChI=1S/C20H29N3O2S.HI/c1-5-21-20(22-12-10-17-7-6-14-26-17)23(2)13-11-16-8-9-18(24-3)19(15-16)25-4;/h6-9,14-15H,5,10-13H2,1-4H3,(H,21,22);1H. The van der Waals surface area contributed by atoms with Gasteiger partial charge in [-0.2, -0.15) is 0 Å². The van der Waals surface area contributed by atoms with Crippen LogP contribution in [0.4, 0.5) is 0 Å². The van der Waals surface area contributed by atoms with Gasteiger partial charge in [0.25, 0.3) is 0 Å². The minimum Gasteiger partial charge on any atom is -0.493 e. The van der Waals surface area contributed by atoms with E-state index in [0.29, 0.717) is 0 Å². The first kappa shape index (κ1) is 23.6. The van der Waals surface area contributed by atoms with Crippen LogP contribution in [0.3, 0.4) is 0 Å². The monoisotopic (exact) mass is 503 g/mol. The number of hydrogen-bond acceptors (Lipinski definition) is 4. The molecule has 0 amide bonds. The number of likely N-dealkylation sites (N-methyl/N-ethyl adjacent to an activating group) is 1. The summed E-state index contributed by atoms with van der Waals surface area (Å²) < 4.78 is 10.7. The second-order valence-corrected chi connectivity index (χ2v) is 6.96. The largest absolute Gasteiger partial charge is 0.493 e. The fourth-order valence-electron chi connectivity index (χ4n) is 2.64. The molecule has 0 atom stereocenters. The van der Waals surface area contributed by atoms with Crippen LogP contribution in [0.1, 0.15) is 17.4 Å². The fourth-order valence-corrected chi connectivity index (χ4v) is 3.33. The van der Waals surface area contributed by atoms with Crippen molar-refractivity contribution < 1.29 is 9.47 Å². The lowest BCUT2D eigenvalue weighted by Gasteiger charge is -2.22. The molecule has 0 spiro atoms. The molecule has 7 heteroatoms. The molecule has 0 saturated carbocycles. The number of hydrogen-bond donors (Lipinski definition) is 1. The number of nitrogens with one attached hydrogen (secondary N) is 1. The number of aliphatic imine (C=N–C) groups is 1. The van der Waals surface area contributed by atoms with Gasteiger partial charge in [-0.1, -0.05) is 12.1 Å². The highest BCUT2D eigenvalue weighted by molar-refractivity contribution is 14.0. The number of thiophene rings is 1. The Hall–Kier alpha value is -1.48. The topological polar surface area (TPSA) is 46.1 Å². The Labute approximate surface area is 183 Å². The maximum absolute atomic E-state index is 5.38. The van der Waals surface area contributed by atoms with Crippen molar-refractivity contribution in [2.45, 2.75) is 19.8 Å². The lowest BCUT2D eigenvalue weighted by molar-refractivity contribution is 0.354. The quantitative estimate of drug-likeness (QED) is 0.319. The van der Waals surface area contributed by atoms with E-state index in [2.05, 4.69) is 47.8 Å². The van der Waals surface area contributed by atoms with Gasteiger partial charge in [0.05, 0.1) is 14.2 Å². The Morgan fingerprint density at radius 1 is 1.15 bits per heavy atom. The maximum Gasteiger partial charge on any atom is 0.193 e. The summed E-state index contributed by atoms with van der Waals surface area (Å²) in [5.41, 5.74) is 1.21. The Bertz CT molecular complexity index is 693. The van der Waals surface area contributed by atoms with Crippen LogP contribution in [0.2, 0.25) is 0 Å². The molecule has 0 saturated heterocycles. The summed E-state index contributed by atoms with van der Waals surface area (Å²) in [5, 5.41) is 5.48. The lowest BCUT2D eigenvalue weighted by Crippen LogP contribution is -2.40. The van der Waals surface area contributed by atoms with E-state index in [1.54, 1.807) is 25.6 Å². The summed E-state index contributed by atoms with van der Waals surface area (Å²) in [6.45, 7) is 4.62. The van der Waals surface area contributed by atoms with Crippen LogP contribution in [-0.2, 0) is 12.8 Å². The zero-order valence-corrected chi connectivity index (χ0v) is 19.7. The molecule has 1 N–H and O–H groups in total. The van der Waals surface area contributed by atoms with Gasteiger partial charge in [-0.3, -0.25) is 4.99 Å². The highest BCUT2D eigenvalue weighted by Gasteiger charge is 2.08. The van der Waals surface area contributed by atoms with E-state index in [9.17, 15) is 0 Å². The number of halogens is 1. The number of benzene rings is 1. The average Bonchev–Trinajstić information content (AvgIpc) is 3.18. The van der Waals surface area contributed by atoms with Gasteiger partial charge in [-0.05, 0) is 42.5 Å². The third-order valence-corrected chi connectivity index (χ3v) is 5.02. The van der Waals surface area contributed by atoms with E-state index in [0.717, 1.165) is 49.9 Å². The molecule has 1 aromatic carbocycles. The molecular formula is C20H30IN3O2S. The molecule has 0 aliphatic carbocycles. The molecule has 1 aromatic heterocycles. The van der Waals surface area contributed by atoms with E-state index in [-0.39, 0.29) is 24.0 Å². The molecule has 27 heavy (non-hydrogen) atoms. The zero-order chi connectivity index (χ0) is 18.8. The molecule has 0 aliphatic rings. The summed E-state index contributed by atoms with van der Waals surface area (Å²) in [6, 6.07) is 10.3. The van der Waals surface area contributed by atoms with E-state index in [1.165, 1.54) is 10.4 Å². The van der Waals surface area contributed by atoms with Gasteiger partial charge < -0.3 is 19.7 Å². The Morgan fingerprint density at radius 2 is 1.93 bits per heavy atom. The van der Waals surface area contributed by atoms with Crippen molar-refractivity contribution in [1.82, 2.24) is 10.2 Å². The van der Waals surface area contributed by atoms with Crippen molar-refractivity contribution in [3.8, 4) is 11.5 Å². The first-order chi connectivity index (χ1) is 12.7. The predicted molar refractivity (Wildman–Crippen MR) is 125 cm³/mol. The van der Waals surface area contributed by atoms with Gasteiger partial charge in [0.1, 0.15) is 0 Å². The summed E-state index contributed by atoms with van der Waals surface area (Å²) >= 11 is 1.78. The zero-order valence-electron chi connectivity index (χ0n) is 16.5. The van der Waals surface area contributed by atoms with Gasteiger partial charge in [0.15, 0.2) is 17.5 Å². The van der Waals surface area contributed by atoms with Crippen molar-refractivity contribution in [3.63, 3.8) is 0 Å². The van der Waals surface area contributed by atoms with Crippen LogP contribution in [0.5, 0.6) is 11.5 Å². The van der Waals surface area contributed by atoms with Crippen molar-refractivity contribution in [1.29, 1.82) is 0 Å². The Morgan fingerprint density at radius 3 is 2.56 bits per heavy atom. The van der Waals surface area contributed by atoms with Crippen LogP contribution < -0.4 is 14.8 Å². The molecular weight excluding hydrogens is 473 g/mol. The summed E-state index contributed by atoms with van der Waals surface area (Å²) in [7, 11) is 5.39. The minimum atomic E-state index is 0. The highest BCUT2D eigenvalue weighted by Crippen LogP contribution is 2.27. The second-order valence-electron chi connectivity index (χ2n) is 5.93. The minimum absolute atomic E-state index is 0.